The average molecular weight is 422 g/mol. The summed E-state index contributed by atoms with van der Waals surface area (Å²) in [5.41, 5.74) is 3.28. The summed E-state index contributed by atoms with van der Waals surface area (Å²) in [7, 11) is 0. The van der Waals surface area contributed by atoms with E-state index in [1.807, 2.05) is 23.7 Å². The number of carbonyl (C=O) groups is 1. The molecule has 2 aromatic rings. The molecule has 1 unspecified atom stereocenters. The first kappa shape index (κ1) is 19.0. The molecule has 4 heterocycles. The van der Waals surface area contributed by atoms with Crippen molar-refractivity contribution in [3.05, 3.63) is 70.8 Å². The fourth-order valence-electron chi connectivity index (χ4n) is 3.90. The van der Waals surface area contributed by atoms with E-state index in [0.29, 0.717) is 16.6 Å². The lowest BCUT2D eigenvalue weighted by Crippen LogP contribution is -2.53. The summed E-state index contributed by atoms with van der Waals surface area (Å²) in [5, 5.41) is 5.18. The Morgan fingerprint density at radius 3 is 2.77 bits per heavy atom. The molecule has 3 aliphatic rings. The zero-order valence-electron chi connectivity index (χ0n) is 16.2. The number of allylic oxidation sites excluding steroid dienone is 2. The van der Waals surface area contributed by atoms with E-state index in [2.05, 4.69) is 15.3 Å². The summed E-state index contributed by atoms with van der Waals surface area (Å²) in [5.74, 6) is 7.60. The van der Waals surface area contributed by atoms with Gasteiger partial charge in [0.1, 0.15) is 11.9 Å². The summed E-state index contributed by atoms with van der Waals surface area (Å²) in [6.45, 7) is 1.46. The highest BCUT2D eigenvalue weighted by molar-refractivity contribution is 7.13. The Morgan fingerprint density at radius 2 is 2.03 bits per heavy atom. The van der Waals surface area contributed by atoms with E-state index in [-0.39, 0.29) is 10.5 Å². The zero-order valence-corrected chi connectivity index (χ0v) is 17.0. The number of hydrogen-bond acceptors (Lipinski definition) is 7. The normalized spacial score (nSPS) is 23.4. The quantitative estimate of drug-likeness (QED) is 0.585. The maximum Gasteiger partial charge on any atom is 0.264 e. The number of nitrogens with zero attached hydrogens (tertiary/aromatic N) is 4. The summed E-state index contributed by atoms with van der Waals surface area (Å²) < 4.78 is 5.50. The van der Waals surface area contributed by atoms with Gasteiger partial charge in [0.2, 0.25) is 5.70 Å². The number of rotatable bonds is 4. The molecule has 5 rings (SSSR count). The van der Waals surface area contributed by atoms with Gasteiger partial charge in [-0.2, -0.15) is 10.8 Å². The Morgan fingerprint density at radius 1 is 1.23 bits per heavy atom. The van der Waals surface area contributed by atoms with Gasteiger partial charge in [0.25, 0.3) is 11.7 Å². The number of quaternary nitrogens is 1. The van der Waals surface area contributed by atoms with Gasteiger partial charge in [-0.25, -0.2) is 4.98 Å². The Bertz CT molecular complexity index is 1080. The molecule has 1 aromatic heterocycles. The first-order valence-electron chi connectivity index (χ1n) is 9.76. The Labute approximate surface area is 177 Å². The number of ether oxygens (including phenoxy) is 1. The number of fused-ring (bicyclic) bond motifs is 1. The number of carbonyl (C=O) groups excluding carboxylic acids is 1. The van der Waals surface area contributed by atoms with Crippen molar-refractivity contribution < 1.29 is 14.1 Å². The summed E-state index contributed by atoms with van der Waals surface area (Å²) >= 11 is 1.38. The van der Waals surface area contributed by atoms with Crippen LogP contribution in [0.15, 0.2) is 69.6 Å². The second kappa shape index (κ2) is 7.69. The van der Waals surface area contributed by atoms with Crippen LogP contribution in [0.4, 0.5) is 5.13 Å². The number of amides is 1. The van der Waals surface area contributed by atoms with E-state index in [0.717, 1.165) is 48.8 Å². The number of hydrogen-bond donors (Lipinski definition) is 2. The van der Waals surface area contributed by atoms with Crippen molar-refractivity contribution in [2.24, 2.45) is 21.7 Å². The van der Waals surface area contributed by atoms with Crippen LogP contribution in [0.2, 0.25) is 0 Å². The van der Waals surface area contributed by atoms with Gasteiger partial charge in [-0.1, -0.05) is 0 Å². The summed E-state index contributed by atoms with van der Waals surface area (Å²) in [6.07, 6.45) is 8.83. The first-order valence-corrected chi connectivity index (χ1v) is 10.6. The maximum absolute atomic E-state index is 12.4. The molecule has 0 saturated carbocycles. The van der Waals surface area contributed by atoms with Crippen molar-refractivity contribution in [1.29, 1.82) is 0 Å². The molecule has 1 aromatic carbocycles. The van der Waals surface area contributed by atoms with Gasteiger partial charge < -0.3 is 4.74 Å². The lowest BCUT2D eigenvalue weighted by molar-refractivity contribution is -0.750. The van der Waals surface area contributed by atoms with Crippen LogP contribution in [-0.4, -0.2) is 40.7 Å². The number of aliphatic imine (C=N–C) groups is 2. The zero-order chi connectivity index (χ0) is 20.6. The molecule has 1 fully saturated rings. The molecule has 3 N–H and O–H groups in total. The van der Waals surface area contributed by atoms with E-state index in [9.17, 15) is 4.79 Å². The fourth-order valence-corrected chi connectivity index (χ4v) is 4.43. The average Bonchev–Trinajstić information content (AvgIpc) is 3.40. The first-order chi connectivity index (χ1) is 14.6. The number of aromatic nitrogens is 1. The molecular formula is C21H21N6O2S+. The van der Waals surface area contributed by atoms with Crippen molar-refractivity contribution in [3.63, 3.8) is 0 Å². The van der Waals surface area contributed by atoms with E-state index >= 15 is 0 Å². The van der Waals surface area contributed by atoms with Crippen LogP contribution in [0, 0.1) is 5.92 Å². The topological polar surface area (TPSA) is 102 Å². The number of benzene rings is 1. The molecule has 1 saturated heterocycles. The van der Waals surface area contributed by atoms with Gasteiger partial charge in [0.15, 0.2) is 5.13 Å². The fraction of sp³-hybridized carbons (Fsp3) is 0.238. The van der Waals surface area contributed by atoms with Gasteiger partial charge in [0.05, 0.1) is 18.0 Å². The van der Waals surface area contributed by atoms with E-state index in [4.69, 9.17) is 15.6 Å². The molecular weight excluding hydrogens is 400 g/mol. The largest absolute Gasteiger partial charge is 0.381 e. The van der Waals surface area contributed by atoms with Crippen molar-refractivity contribution >= 4 is 34.4 Å². The molecule has 0 spiro atoms. The van der Waals surface area contributed by atoms with Crippen LogP contribution < -0.4 is 11.2 Å². The lowest BCUT2D eigenvalue weighted by atomic mass is 9.95. The van der Waals surface area contributed by atoms with Gasteiger partial charge >= 0.3 is 0 Å². The molecule has 1 atom stereocenters. The number of nitrogens with two attached hydrogens (primary N) is 1. The molecule has 0 bridgehead atoms. The third-order valence-corrected chi connectivity index (χ3v) is 6.18. The van der Waals surface area contributed by atoms with Gasteiger partial charge in [0, 0.05) is 36.3 Å². The lowest BCUT2D eigenvalue weighted by Gasteiger charge is -2.27. The third-order valence-electron chi connectivity index (χ3n) is 5.49. The second-order valence-corrected chi connectivity index (χ2v) is 8.21. The predicted octanol–water partition coefficient (Wildman–Crippen LogP) is 3.04. The monoisotopic (exact) mass is 421 g/mol. The SMILES string of the molecule is N[N+]12C=CN=CC1=C(C1CCOCC1)N=C2c1ccc(C(=O)Nc2nccs2)cc1. The number of thiazole rings is 1. The summed E-state index contributed by atoms with van der Waals surface area (Å²) in [6, 6.07) is 7.32. The standard InChI is InChI=1S/C21H20N6O2S/c22-27-9-7-23-13-17(27)18(14-5-10-29-11-6-14)25-19(27)15-1-3-16(4-2-15)20(28)26-21-24-8-12-30-21/h1-4,7-9,12-14H,5-6,10-11,22H2/p+1. The number of amidine groups is 1. The van der Waals surface area contributed by atoms with Gasteiger partial charge in [-0.05, 0) is 37.1 Å². The second-order valence-electron chi connectivity index (χ2n) is 7.31. The number of nitrogens with one attached hydrogen (secondary N) is 1. The molecule has 8 nitrogen and oxygen atoms in total. The highest BCUT2D eigenvalue weighted by Gasteiger charge is 2.45. The summed E-state index contributed by atoms with van der Waals surface area (Å²) in [4.78, 5) is 25.8. The van der Waals surface area contributed by atoms with Crippen molar-refractivity contribution in [2.75, 3.05) is 18.5 Å². The van der Waals surface area contributed by atoms with Crippen LogP contribution in [0.5, 0.6) is 0 Å². The van der Waals surface area contributed by atoms with Gasteiger partial charge in [-0.15, -0.1) is 15.9 Å². The van der Waals surface area contributed by atoms with Crippen molar-refractivity contribution in [2.45, 2.75) is 12.8 Å². The molecule has 152 valence electrons. The highest BCUT2D eigenvalue weighted by atomic mass is 32.1. The Balaban J connectivity index is 1.44. The van der Waals surface area contributed by atoms with Crippen molar-refractivity contribution in [3.8, 4) is 0 Å². The third kappa shape index (κ3) is 3.31. The van der Waals surface area contributed by atoms with Crippen molar-refractivity contribution in [1.82, 2.24) is 4.98 Å². The Hall–Kier alpha value is -2.98. The maximum atomic E-state index is 12.4. The van der Waals surface area contributed by atoms with Gasteiger partial charge in [-0.3, -0.25) is 15.1 Å². The molecule has 0 aliphatic carbocycles. The molecule has 9 heteroatoms. The molecule has 1 amide bonds. The number of anilines is 1. The van der Waals surface area contributed by atoms with Crippen LogP contribution in [-0.2, 0) is 4.74 Å². The molecule has 30 heavy (non-hydrogen) atoms. The molecule has 3 aliphatic heterocycles. The smallest absolute Gasteiger partial charge is 0.264 e. The van der Waals surface area contributed by atoms with Crippen LogP contribution in [0.1, 0.15) is 28.8 Å². The van der Waals surface area contributed by atoms with Crippen LogP contribution in [0.25, 0.3) is 0 Å². The minimum atomic E-state index is -0.201. The van der Waals surface area contributed by atoms with Crippen LogP contribution in [0.3, 0.4) is 0 Å². The highest BCUT2D eigenvalue weighted by Crippen LogP contribution is 2.37. The molecule has 0 radical (unpaired) electrons. The van der Waals surface area contributed by atoms with E-state index in [1.54, 1.807) is 30.7 Å². The van der Waals surface area contributed by atoms with Crippen LogP contribution >= 0.6 is 11.3 Å². The van der Waals surface area contributed by atoms with E-state index < -0.39 is 0 Å². The minimum Gasteiger partial charge on any atom is -0.381 e. The minimum absolute atomic E-state index is 0.0130. The van der Waals surface area contributed by atoms with E-state index in [1.165, 1.54) is 11.3 Å². The predicted molar refractivity (Wildman–Crippen MR) is 116 cm³/mol. The Kier molecular flexibility index (Phi) is 4.87.